The summed E-state index contributed by atoms with van der Waals surface area (Å²) in [5.41, 5.74) is 4.77. The quantitative estimate of drug-likeness (QED) is 0.566. The molecule has 0 aromatic carbocycles. The van der Waals surface area contributed by atoms with Crippen molar-refractivity contribution in [1.82, 2.24) is 9.13 Å². The van der Waals surface area contributed by atoms with Crippen LogP contribution >= 0.6 is 0 Å². The molecule has 0 radical (unpaired) electrons. The molecule has 1 aromatic heterocycles. The second-order valence-corrected chi connectivity index (χ2v) is 6.44. The fourth-order valence-corrected chi connectivity index (χ4v) is 2.19. The molecule has 0 saturated carbocycles. The Kier molecular flexibility index (Phi) is 5.55. The van der Waals surface area contributed by atoms with Gasteiger partial charge in [-0.3, -0.25) is 13.9 Å². The van der Waals surface area contributed by atoms with E-state index in [1.54, 1.807) is 0 Å². The van der Waals surface area contributed by atoms with E-state index in [0.29, 0.717) is 6.54 Å². The molecule has 0 bridgehead atoms. The van der Waals surface area contributed by atoms with Crippen molar-refractivity contribution in [3.63, 3.8) is 0 Å². The third-order valence-electron chi connectivity index (χ3n) is 3.01. The third-order valence-corrected chi connectivity index (χ3v) is 3.78. The van der Waals surface area contributed by atoms with Gasteiger partial charge in [-0.2, -0.15) is 0 Å². The molecule has 0 amide bonds. The summed E-state index contributed by atoms with van der Waals surface area (Å²) in [6.45, 7) is 2.29. The van der Waals surface area contributed by atoms with Crippen LogP contribution in [0.3, 0.4) is 0 Å². The lowest BCUT2D eigenvalue weighted by Crippen LogP contribution is -2.41. The Hall–Kier alpha value is -1.81. The zero-order chi connectivity index (χ0) is 16.2. The lowest BCUT2D eigenvalue weighted by atomic mass is 10.3. The molecule has 1 aromatic rings. The van der Waals surface area contributed by atoms with Gasteiger partial charge in [-0.1, -0.05) is 13.3 Å². The van der Waals surface area contributed by atoms with Crippen LogP contribution in [-0.2, 0) is 23.6 Å². The number of anilines is 2. The first kappa shape index (κ1) is 17.2. The zero-order valence-corrected chi connectivity index (χ0v) is 12.9. The highest BCUT2D eigenvalue weighted by Gasteiger charge is 2.15. The number of primary sulfonamides is 1. The summed E-state index contributed by atoms with van der Waals surface area (Å²) >= 11 is 0. The predicted octanol–water partition coefficient (Wildman–Crippen LogP) is -1.37. The smallest absolute Gasteiger partial charge is 0.332 e. The number of nitrogen functional groups attached to an aromatic ring is 1. The molecule has 1 heterocycles. The molecule has 0 aliphatic carbocycles. The van der Waals surface area contributed by atoms with Crippen molar-refractivity contribution in [2.24, 2.45) is 12.2 Å². The molecule has 0 fully saturated rings. The van der Waals surface area contributed by atoms with Crippen LogP contribution in [0.5, 0.6) is 0 Å². The Bertz CT molecular complexity index is 719. The largest absolute Gasteiger partial charge is 0.383 e. The number of rotatable bonds is 7. The van der Waals surface area contributed by atoms with Gasteiger partial charge in [0.25, 0.3) is 5.56 Å². The Morgan fingerprint density at radius 2 is 1.90 bits per heavy atom. The number of unbranched alkanes of at least 4 members (excludes halogenated alkanes) is 1. The van der Waals surface area contributed by atoms with Gasteiger partial charge in [0, 0.05) is 20.1 Å². The summed E-state index contributed by atoms with van der Waals surface area (Å²) in [5.74, 6) is -0.338. The molecule has 0 saturated heterocycles. The summed E-state index contributed by atoms with van der Waals surface area (Å²) in [5, 5.41) is 7.53. The summed E-state index contributed by atoms with van der Waals surface area (Å²) in [6.07, 6.45) is 1.60. The standard InChI is InChI=1S/C11H21N5O4S/c1-3-4-6-16-9(12)8(10(17)15(2)11(16)18)14-5-7-21(13,19)20/h14H,3-7,12H2,1-2H3,(H2,13,19,20). The molecule has 1 rings (SSSR count). The number of hydrogen-bond donors (Lipinski definition) is 3. The number of sulfonamides is 1. The van der Waals surface area contributed by atoms with Gasteiger partial charge in [0.2, 0.25) is 10.0 Å². The average molecular weight is 319 g/mol. The second-order valence-electron chi connectivity index (χ2n) is 4.71. The SMILES string of the molecule is CCCCn1c(N)c(NCCS(N)(=O)=O)c(=O)n(C)c1=O. The van der Waals surface area contributed by atoms with Gasteiger partial charge in [-0.15, -0.1) is 0 Å². The van der Waals surface area contributed by atoms with Crippen LogP contribution in [0.15, 0.2) is 9.59 Å². The Morgan fingerprint density at radius 3 is 2.43 bits per heavy atom. The minimum Gasteiger partial charge on any atom is -0.383 e. The Labute approximate surface area is 122 Å². The van der Waals surface area contributed by atoms with Crippen LogP contribution < -0.4 is 27.4 Å². The van der Waals surface area contributed by atoms with Crippen molar-refractivity contribution in [1.29, 1.82) is 0 Å². The Balaban J connectivity index is 3.16. The Morgan fingerprint density at radius 1 is 1.29 bits per heavy atom. The van der Waals surface area contributed by atoms with E-state index in [1.807, 2.05) is 6.92 Å². The molecular weight excluding hydrogens is 298 g/mol. The van der Waals surface area contributed by atoms with Crippen LogP contribution in [0.4, 0.5) is 11.5 Å². The van der Waals surface area contributed by atoms with E-state index >= 15 is 0 Å². The molecular formula is C11H21N5O4S. The molecule has 9 nitrogen and oxygen atoms in total. The summed E-state index contributed by atoms with van der Waals surface area (Å²) in [6, 6.07) is 0. The molecule has 0 atom stereocenters. The average Bonchev–Trinajstić information content (AvgIpc) is 2.39. The van der Waals surface area contributed by atoms with Gasteiger partial charge in [-0.25, -0.2) is 18.4 Å². The van der Waals surface area contributed by atoms with E-state index < -0.39 is 21.3 Å². The zero-order valence-electron chi connectivity index (χ0n) is 12.1. The molecule has 0 aliphatic rings. The van der Waals surface area contributed by atoms with Crippen molar-refractivity contribution < 1.29 is 8.42 Å². The van der Waals surface area contributed by atoms with Crippen LogP contribution in [0.25, 0.3) is 0 Å². The first-order valence-electron chi connectivity index (χ1n) is 6.52. The van der Waals surface area contributed by atoms with Crippen molar-refractivity contribution >= 4 is 21.5 Å². The minimum absolute atomic E-state index is 0.00553. The topological polar surface area (TPSA) is 142 Å². The van der Waals surface area contributed by atoms with E-state index in [9.17, 15) is 18.0 Å². The number of nitrogens with two attached hydrogens (primary N) is 2. The van der Waals surface area contributed by atoms with Gasteiger partial charge in [0.15, 0.2) is 0 Å². The first-order chi connectivity index (χ1) is 9.69. The lowest BCUT2D eigenvalue weighted by Gasteiger charge is -2.15. The molecule has 10 heteroatoms. The number of nitrogens with zero attached hydrogens (tertiary/aromatic N) is 2. The third kappa shape index (κ3) is 4.33. The maximum absolute atomic E-state index is 12.0. The fourth-order valence-electron chi connectivity index (χ4n) is 1.80. The summed E-state index contributed by atoms with van der Waals surface area (Å²) in [7, 11) is -2.30. The van der Waals surface area contributed by atoms with Crippen LogP contribution in [0, 0.1) is 0 Å². The lowest BCUT2D eigenvalue weighted by molar-refractivity contribution is 0.575. The number of aromatic nitrogens is 2. The maximum atomic E-state index is 12.0. The van der Waals surface area contributed by atoms with Crippen molar-refractivity contribution in [3.8, 4) is 0 Å². The van der Waals surface area contributed by atoms with E-state index in [1.165, 1.54) is 11.6 Å². The van der Waals surface area contributed by atoms with E-state index in [4.69, 9.17) is 10.9 Å². The van der Waals surface area contributed by atoms with Gasteiger partial charge < -0.3 is 11.1 Å². The summed E-state index contributed by atoms with van der Waals surface area (Å²) in [4.78, 5) is 24.0. The number of nitrogens with one attached hydrogen (secondary N) is 1. The monoisotopic (exact) mass is 319 g/mol. The van der Waals surface area contributed by atoms with Gasteiger partial charge >= 0.3 is 5.69 Å². The highest BCUT2D eigenvalue weighted by molar-refractivity contribution is 7.89. The molecule has 21 heavy (non-hydrogen) atoms. The molecule has 0 spiro atoms. The van der Waals surface area contributed by atoms with E-state index in [-0.39, 0.29) is 23.8 Å². The predicted molar refractivity (Wildman–Crippen MR) is 81.7 cm³/mol. The molecule has 5 N–H and O–H groups in total. The van der Waals surface area contributed by atoms with Crippen LogP contribution in [0.2, 0.25) is 0 Å². The fraction of sp³-hybridized carbons (Fsp3) is 0.636. The molecule has 0 aliphatic heterocycles. The van der Waals surface area contributed by atoms with Gasteiger partial charge in [0.05, 0.1) is 5.75 Å². The highest BCUT2D eigenvalue weighted by Crippen LogP contribution is 2.11. The van der Waals surface area contributed by atoms with Crippen molar-refractivity contribution in [2.75, 3.05) is 23.3 Å². The maximum Gasteiger partial charge on any atom is 0.332 e. The second kappa shape index (κ2) is 6.76. The number of hydrogen-bond acceptors (Lipinski definition) is 6. The molecule has 120 valence electrons. The van der Waals surface area contributed by atoms with Gasteiger partial charge in [0.1, 0.15) is 11.5 Å². The summed E-state index contributed by atoms with van der Waals surface area (Å²) < 4.78 is 24.0. The molecule has 0 unspecified atom stereocenters. The van der Waals surface area contributed by atoms with Crippen molar-refractivity contribution in [3.05, 3.63) is 20.8 Å². The van der Waals surface area contributed by atoms with Crippen molar-refractivity contribution in [2.45, 2.75) is 26.3 Å². The van der Waals surface area contributed by atoms with E-state index in [2.05, 4.69) is 5.32 Å². The van der Waals surface area contributed by atoms with Gasteiger partial charge in [-0.05, 0) is 6.42 Å². The minimum atomic E-state index is -3.64. The van der Waals surface area contributed by atoms with E-state index in [0.717, 1.165) is 17.4 Å². The first-order valence-corrected chi connectivity index (χ1v) is 8.24. The van der Waals surface area contributed by atoms with Crippen LogP contribution in [-0.4, -0.2) is 29.8 Å². The normalized spacial score (nSPS) is 11.6. The van der Waals surface area contributed by atoms with Crippen LogP contribution in [0.1, 0.15) is 19.8 Å². The highest BCUT2D eigenvalue weighted by atomic mass is 32.2.